The molecule has 2 aliphatic rings. The normalized spacial score (nSPS) is 25.9. The van der Waals surface area contributed by atoms with Gasteiger partial charge in [0.05, 0.1) is 5.56 Å². The molecule has 0 saturated heterocycles. The van der Waals surface area contributed by atoms with Gasteiger partial charge in [-0.15, -0.1) is 0 Å². The van der Waals surface area contributed by atoms with Gasteiger partial charge in [-0.2, -0.15) is 0 Å². The third-order valence-electron chi connectivity index (χ3n) is 5.03. The van der Waals surface area contributed by atoms with Crippen molar-refractivity contribution in [2.75, 3.05) is 10.6 Å². The van der Waals surface area contributed by atoms with Gasteiger partial charge in [0.2, 0.25) is 6.41 Å². The van der Waals surface area contributed by atoms with E-state index >= 15 is 0 Å². The zero-order valence-corrected chi connectivity index (χ0v) is 14.6. The molecule has 3 atom stereocenters. The molecule has 8 heteroatoms. The first-order chi connectivity index (χ1) is 12.6. The van der Waals surface area contributed by atoms with Crippen LogP contribution in [0.3, 0.4) is 0 Å². The molecular formula is C18H17ClN4O3. The molecule has 0 bridgehead atoms. The van der Waals surface area contributed by atoms with Gasteiger partial charge in [0.25, 0.3) is 0 Å². The topological polar surface area (TPSA) is 93.2 Å². The van der Waals surface area contributed by atoms with Gasteiger partial charge in [-0.1, -0.05) is 29.8 Å². The van der Waals surface area contributed by atoms with E-state index in [1.165, 1.54) is 6.33 Å². The second kappa shape index (κ2) is 6.57. The van der Waals surface area contributed by atoms with E-state index in [-0.39, 0.29) is 22.8 Å². The van der Waals surface area contributed by atoms with Crippen LogP contribution < -0.4 is 10.6 Å². The molecule has 0 aliphatic heterocycles. The maximum atomic E-state index is 12.2. The van der Waals surface area contributed by atoms with Gasteiger partial charge in [-0.25, -0.2) is 14.8 Å². The van der Waals surface area contributed by atoms with Gasteiger partial charge in [-0.3, -0.25) is 4.79 Å². The molecule has 1 heterocycles. The number of carbonyl (C=O) groups excluding carboxylic acids is 2. The van der Waals surface area contributed by atoms with E-state index in [4.69, 9.17) is 16.3 Å². The predicted molar refractivity (Wildman–Crippen MR) is 96.1 cm³/mol. The van der Waals surface area contributed by atoms with Crippen LogP contribution >= 0.6 is 11.6 Å². The fourth-order valence-corrected chi connectivity index (χ4v) is 3.90. The molecule has 1 amide bonds. The third kappa shape index (κ3) is 3.10. The smallest absolute Gasteiger partial charge is 0.338 e. The minimum atomic E-state index is -0.305. The summed E-state index contributed by atoms with van der Waals surface area (Å²) in [6, 6.07) is 8.97. The number of carbonyl (C=O) groups is 2. The highest BCUT2D eigenvalue weighted by Gasteiger charge is 2.61. The summed E-state index contributed by atoms with van der Waals surface area (Å²) in [4.78, 5) is 31.1. The number of nitrogens with zero attached hydrogens (tertiary/aromatic N) is 2. The fourth-order valence-electron chi connectivity index (χ4n) is 3.72. The van der Waals surface area contributed by atoms with E-state index in [1.807, 2.05) is 18.2 Å². The Morgan fingerprint density at radius 3 is 2.85 bits per heavy atom. The molecule has 0 radical (unpaired) electrons. The average Bonchev–Trinajstić information content (AvgIpc) is 3.19. The number of anilines is 2. The molecule has 4 rings (SSSR count). The molecule has 2 aliphatic carbocycles. The summed E-state index contributed by atoms with van der Waals surface area (Å²) in [5, 5.41) is 6.09. The summed E-state index contributed by atoms with van der Waals surface area (Å²) in [5.74, 6) is 0.573. The molecule has 0 spiro atoms. The molecule has 1 aromatic heterocycles. The molecule has 7 nitrogen and oxygen atoms in total. The highest BCUT2D eigenvalue weighted by atomic mass is 35.5. The number of nitrogens with one attached hydrogen (secondary N) is 2. The zero-order chi connectivity index (χ0) is 18.1. The molecule has 134 valence electrons. The first kappa shape index (κ1) is 16.8. The van der Waals surface area contributed by atoms with Crippen LogP contribution in [0.1, 0.15) is 29.6 Å². The van der Waals surface area contributed by atoms with Crippen molar-refractivity contribution in [3.8, 4) is 0 Å². The van der Waals surface area contributed by atoms with E-state index in [0.717, 1.165) is 12.8 Å². The maximum Gasteiger partial charge on any atom is 0.338 e. The standard InChI is InChI=1S/C18H17ClN4O3/c19-15-14(22-10-24)16(21-9-20-15)23-18-7-12(18)6-13(8-18)26-17(25)11-4-2-1-3-5-11/h1-5,9-10,12-13H,6-8H2,(H,22,24)(H,20,21,23)/t12-,13+,18+/m0/s1. The molecule has 2 fully saturated rings. The molecule has 2 saturated carbocycles. The number of amides is 1. The second-order valence-corrected chi connectivity index (χ2v) is 7.02. The summed E-state index contributed by atoms with van der Waals surface area (Å²) >= 11 is 6.04. The number of aromatic nitrogens is 2. The molecular weight excluding hydrogens is 356 g/mol. The molecule has 0 unspecified atom stereocenters. The van der Waals surface area contributed by atoms with Crippen LogP contribution in [0.5, 0.6) is 0 Å². The minimum Gasteiger partial charge on any atom is -0.459 e. The Bertz CT molecular complexity index is 848. The van der Waals surface area contributed by atoms with Crippen molar-refractivity contribution in [2.45, 2.75) is 30.9 Å². The largest absolute Gasteiger partial charge is 0.459 e. The summed E-state index contributed by atoms with van der Waals surface area (Å²) in [6.45, 7) is 0. The Labute approximate surface area is 155 Å². The highest BCUT2D eigenvalue weighted by Crippen LogP contribution is 2.58. The average molecular weight is 373 g/mol. The maximum absolute atomic E-state index is 12.2. The number of ether oxygens (including phenoxy) is 1. The quantitative estimate of drug-likeness (QED) is 0.460. The Kier molecular flexibility index (Phi) is 4.24. The Morgan fingerprint density at radius 1 is 1.27 bits per heavy atom. The molecule has 1 aromatic carbocycles. The lowest BCUT2D eigenvalue weighted by atomic mass is 10.1. The number of rotatable bonds is 6. The van der Waals surface area contributed by atoms with Crippen LogP contribution in [-0.4, -0.2) is 34.0 Å². The number of hydrogen-bond acceptors (Lipinski definition) is 6. The number of fused-ring (bicyclic) bond motifs is 1. The Hall–Kier alpha value is -2.67. The minimum absolute atomic E-state index is 0.145. The van der Waals surface area contributed by atoms with Gasteiger partial charge in [0, 0.05) is 12.0 Å². The van der Waals surface area contributed by atoms with Crippen molar-refractivity contribution in [3.63, 3.8) is 0 Å². The third-order valence-corrected chi connectivity index (χ3v) is 5.31. The van der Waals surface area contributed by atoms with Crippen molar-refractivity contribution < 1.29 is 14.3 Å². The Balaban J connectivity index is 1.44. The van der Waals surface area contributed by atoms with Crippen LogP contribution in [-0.2, 0) is 9.53 Å². The van der Waals surface area contributed by atoms with E-state index < -0.39 is 0 Å². The van der Waals surface area contributed by atoms with E-state index in [9.17, 15) is 9.59 Å². The van der Waals surface area contributed by atoms with Gasteiger partial charge >= 0.3 is 5.97 Å². The van der Waals surface area contributed by atoms with Gasteiger partial charge in [0.1, 0.15) is 18.1 Å². The second-order valence-electron chi connectivity index (χ2n) is 6.67. The summed E-state index contributed by atoms with van der Waals surface area (Å²) in [7, 11) is 0. The van der Waals surface area contributed by atoms with E-state index in [1.54, 1.807) is 12.1 Å². The number of benzene rings is 1. The van der Waals surface area contributed by atoms with Crippen LogP contribution in [0, 0.1) is 5.92 Å². The van der Waals surface area contributed by atoms with E-state index in [0.29, 0.717) is 35.8 Å². The van der Waals surface area contributed by atoms with Crippen LogP contribution in [0.25, 0.3) is 0 Å². The highest BCUT2D eigenvalue weighted by molar-refractivity contribution is 6.32. The lowest BCUT2D eigenvalue weighted by Crippen LogP contribution is -2.26. The lowest BCUT2D eigenvalue weighted by molar-refractivity contribution is -0.105. The van der Waals surface area contributed by atoms with Crippen LogP contribution in [0.2, 0.25) is 5.15 Å². The predicted octanol–water partition coefficient (Wildman–Crippen LogP) is 2.89. The van der Waals surface area contributed by atoms with Crippen LogP contribution in [0.15, 0.2) is 36.7 Å². The van der Waals surface area contributed by atoms with Crippen LogP contribution in [0.4, 0.5) is 11.5 Å². The van der Waals surface area contributed by atoms with Gasteiger partial charge < -0.3 is 15.4 Å². The van der Waals surface area contributed by atoms with Gasteiger partial charge in [0.15, 0.2) is 11.0 Å². The number of esters is 1. The molecule has 2 N–H and O–H groups in total. The summed E-state index contributed by atoms with van der Waals surface area (Å²) in [6.07, 6.45) is 4.20. The first-order valence-corrected chi connectivity index (χ1v) is 8.74. The number of halogens is 1. The van der Waals surface area contributed by atoms with Crippen molar-refractivity contribution >= 4 is 35.5 Å². The molecule has 26 heavy (non-hydrogen) atoms. The lowest BCUT2D eigenvalue weighted by Gasteiger charge is -2.20. The van der Waals surface area contributed by atoms with Crippen molar-refractivity contribution in [1.29, 1.82) is 0 Å². The monoisotopic (exact) mass is 372 g/mol. The van der Waals surface area contributed by atoms with E-state index in [2.05, 4.69) is 20.6 Å². The first-order valence-electron chi connectivity index (χ1n) is 8.36. The fraction of sp³-hybridized carbons (Fsp3) is 0.333. The van der Waals surface area contributed by atoms with Crippen molar-refractivity contribution in [1.82, 2.24) is 9.97 Å². The van der Waals surface area contributed by atoms with Crippen molar-refractivity contribution in [2.24, 2.45) is 5.92 Å². The number of hydrogen-bond donors (Lipinski definition) is 2. The summed E-state index contributed by atoms with van der Waals surface area (Å²) in [5.41, 5.74) is 0.725. The SMILES string of the molecule is O=CNc1c(Cl)ncnc1N[C@]12C[C@H](OC(=O)c3ccccc3)C[C@H]1C2. The molecule has 2 aromatic rings. The zero-order valence-electron chi connectivity index (χ0n) is 13.8. The van der Waals surface area contributed by atoms with Gasteiger partial charge in [-0.05, 0) is 30.9 Å². The van der Waals surface area contributed by atoms with Crippen molar-refractivity contribution in [3.05, 3.63) is 47.4 Å². The Morgan fingerprint density at radius 2 is 2.08 bits per heavy atom. The summed E-state index contributed by atoms with van der Waals surface area (Å²) < 4.78 is 5.65.